The molecule has 1 aliphatic heterocycles. The predicted octanol–water partition coefficient (Wildman–Crippen LogP) is 4.01. The first-order valence-electron chi connectivity index (χ1n) is 9.62. The zero-order chi connectivity index (χ0) is 20.7. The standard InChI is InChI=1S/C22H19N5O3/c1-13-19(21(28)29-14(2)15-8-4-3-5-9-15)20(27-22(23-13)24-25-26-27)18-12-16-10-6-7-11-17(16)30-18/h3-12,14,20H,1-2H3,(H,23,24,26)/t14-,20?/m0/s1. The van der Waals surface area contributed by atoms with Crippen LogP contribution in [0.5, 0.6) is 0 Å². The van der Waals surface area contributed by atoms with Gasteiger partial charge in [-0.25, -0.2) is 4.79 Å². The van der Waals surface area contributed by atoms with Gasteiger partial charge in [0.2, 0.25) is 5.95 Å². The van der Waals surface area contributed by atoms with E-state index in [1.54, 1.807) is 6.92 Å². The maximum Gasteiger partial charge on any atom is 0.339 e. The number of carbonyl (C=O) groups is 1. The normalized spacial score (nSPS) is 16.8. The summed E-state index contributed by atoms with van der Waals surface area (Å²) >= 11 is 0. The molecule has 0 saturated carbocycles. The van der Waals surface area contributed by atoms with E-state index in [0.717, 1.165) is 16.5 Å². The summed E-state index contributed by atoms with van der Waals surface area (Å²) in [7, 11) is 0. The van der Waals surface area contributed by atoms with E-state index >= 15 is 0 Å². The summed E-state index contributed by atoms with van der Waals surface area (Å²) in [6, 6.07) is 18.5. The van der Waals surface area contributed by atoms with Gasteiger partial charge in [-0.05, 0) is 42.0 Å². The van der Waals surface area contributed by atoms with Gasteiger partial charge in [-0.1, -0.05) is 53.6 Å². The number of nitrogens with zero attached hydrogens (tertiary/aromatic N) is 4. The summed E-state index contributed by atoms with van der Waals surface area (Å²) in [6.45, 7) is 3.65. The molecule has 5 rings (SSSR count). The predicted molar refractivity (Wildman–Crippen MR) is 109 cm³/mol. The number of para-hydroxylation sites is 1. The Labute approximate surface area is 172 Å². The highest BCUT2D eigenvalue weighted by Gasteiger charge is 2.37. The number of allylic oxidation sites excluding steroid dienone is 1. The molecule has 2 atom stereocenters. The minimum atomic E-state index is -0.640. The lowest BCUT2D eigenvalue weighted by Gasteiger charge is -2.26. The molecule has 30 heavy (non-hydrogen) atoms. The van der Waals surface area contributed by atoms with Crippen LogP contribution in [0.25, 0.3) is 11.0 Å². The van der Waals surface area contributed by atoms with Crippen LogP contribution in [0.3, 0.4) is 0 Å². The number of hydrogen-bond donors (Lipinski definition) is 1. The number of rotatable bonds is 4. The summed E-state index contributed by atoms with van der Waals surface area (Å²) < 4.78 is 13.4. The molecule has 0 fully saturated rings. The van der Waals surface area contributed by atoms with Crippen molar-refractivity contribution in [3.8, 4) is 0 Å². The molecule has 1 N–H and O–H groups in total. The zero-order valence-corrected chi connectivity index (χ0v) is 16.4. The van der Waals surface area contributed by atoms with Crippen molar-refractivity contribution >= 4 is 22.9 Å². The molecule has 0 radical (unpaired) electrons. The van der Waals surface area contributed by atoms with E-state index < -0.39 is 18.1 Å². The van der Waals surface area contributed by atoms with Crippen LogP contribution in [0.15, 0.2) is 76.4 Å². The van der Waals surface area contributed by atoms with E-state index in [2.05, 4.69) is 20.8 Å². The molecule has 0 spiro atoms. The third-order valence-electron chi connectivity index (χ3n) is 5.20. The summed E-state index contributed by atoms with van der Waals surface area (Å²) in [5.74, 6) is 0.540. The Morgan fingerprint density at radius 1 is 1.17 bits per heavy atom. The van der Waals surface area contributed by atoms with Crippen molar-refractivity contribution in [3.05, 3.63) is 83.3 Å². The Morgan fingerprint density at radius 2 is 1.93 bits per heavy atom. The molecule has 0 saturated heterocycles. The molecule has 0 aliphatic carbocycles. The molecular weight excluding hydrogens is 382 g/mol. The number of aromatic nitrogens is 4. The molecular formula is C22H19N5O3. The number of carbonyl (C=O) groups excluding carboxylic acids is 1. The van der Waals surface area contributed by atoms with Gasteiger partial charge in [-0.3, -0.25) is 0 Å². The van der Waals surface area contributed by atoms with E-state index in [0.29, 0.717) is 23.0 Å². The smallest absolute Gasteiger partial charge is 0.339 e. The van der Waals surface area contributed by atoms with Gasteiger partial charge in [-0.2, -0.15) is 4.68 Å². The van der Waals surface area contributed by atoms with E-state index in [9.17, 15) is 4.79 Å². The number of hydrogen-bond acceptors (Lipinski definition) is 7. The van der Waals surface area contributed by atoms with Gasteiger partial charge < -0.3 is 14.5 Å². The fourth-order valence-corrected chi connectivity index (χ4v) is 3.69. The van der Waals surface area contributed by atoms with Crippen LogP contribution in [0, 0.1) is 0 Å². The Balaban J connectivity index is 1.55. The Morgan fingerprint density at radius 3 is 2.73 bits per heavy atom. The summed E-state index contributed by atoms with van der Waals surface area (Å²) in [4.78, 5) is 13.3. The molecule has 4 aromatic rings. The van der Waals surface area contributed by atoms with Gasteiger partial charge in [0.1, 0.15) is 23.5 Å². The Hall–Kier alpha value is -3.94. The van der Waals surface area contributed by atoms with E-state index in [1.807, 2.05) is 67.6 Å². The number of ether oxygens (including phenoxy) is 1. The number of benzene rings is 2. The molecule has 2 aromatic carbocycles. The molecule has 0 bridgehead atoms. The van der Waals surface area contributed by atoms with Crippen molar-refractivity contribution in [3.63, 3.8) is 0 Å². The lowest BCUT2D eigenvalue weighted by atomic mass is 10.0. The summed E-state index contributed by atoms with van der Waals surface area (Å²) in [6.07, 6.45) is -0.411. The average molecular weight is 401 g/mol. The quantitative estimate of drug-likeness (QED) is 0.516. The fraction of sp³-hybridized carbons (Fsp3) is 0.182. The second-order valence-electron chi connectivity index (χ2n) is 7.16. The molecule has 2 aromatic heterocycles. The summed E-state index contributed by atoms with van der Waals surface area (Å²) in [5.41, 5.74) is 2.66. The molecule has 1 aliphatic rings. The number of furan rings is 1. The lowest BCUT2D eigenvalue weighted by molar-refractivity contribution is -0.144. The molecule has 8 heteroatoms. The second kappa shape index (κ2) is 7.14. The highest BCUT2D eigenvalue weighted by molar-refractivity contribution is 5.92. The Kier molecular flexibility index (Phi) is 4.31. The van der Waals surface area contributed by atoms with Gasteiger partial charge in [0.15, 0.2) is 0 Å². The lowest BCUT2D eigenvalue weighted by Crippen LogP contribution is -2.29. The van der Waals surface area contributed by atoms with Crippen molar-refractivity contribution in [1.82, 2.24) is 20.2 Å². The Bertz CT molecular complexity index is 1230. The van der Waals surface area contributed by atoms with Gasteiger partial charge in [0, 0.05) is 11.1 Å². The number of anilines is 1. The van der Waals surface area contributed by atoms with Crippen LogP contribution in [0.4, 0.5) is 5.95 Å². The molecule has 8 nitrogen and oxygen atoms in total. The van der Waals surface area contributed by atoms with Crippen LogP contribution >= 0.6 is 0 Å². The van der Waals surface area contributed by atoms with Crippen molar-refractivity contribution in [2.24, 2.45) is 0 Å². The average Bonchev–Trinajstić information content (AvgIpc) is 3.39. The third kappa shape index (κ3) is 3.02. The third-order valence-corrected chi connectivity index (χ3v) is 5.20. The van der Waals surface area contributed by atoms with Gasteiger partial charge in [-0.15, -0.1) is 0 Å². The largest absolute Gasteiger partial charge is 0.458 e. The highest BCUT2D eigenvalue weighted by atomic mass is 16.5. The molecule has 150 valence electrons. The maximum atomic E-state index is 13.3. The number of fused-ring (bicyclic) bond motifs is 2. The van der Waals surface area contributed by atoms with Crippen molar-refractivity contribution in [2.75, 3.05) is 5.32 Å². The summed E-state index contributed by atoms with van der Waals surface area (Å²) in [5, 5.41) is 15.8. The second-order valence-corrected chi connectivity index (χ2v) is 7.16. The van der Waals surface area contributed by atoms with Crippen LogP contribution in [-0.4, -0.2) is 26.2 Å². The highest BCUT2D eigenvalue weighted by Crippen LogP contribution is 2.38. The first-order chi connectivity index (χ1) is 14.6. The molecule has 0 amide bonds. The van der Waals surface area contributed by atoms with Crippen LogP contribution in [-0.2, 0) is 9.53 Å². The van der Waals surface area contributed by atoms with Gasteiger partial charge in [0.25, 0.3) is 0 Å². The van der Waals surface area contributed by atoms with Crippen molar-refractivity contribution < 1.29 is 13.9 Å². The van der Waals surface area contributed by atoms with Gasteiger partial charge >= 0.3 is 5.97 Å². The minimum Gasteiger partial charge on any atom is -0.458 e. The topological polar surface area (TPSA) is 95.1 Å². The van der Waals surface area contributed by atoms with Crippen LogP contribution in [0.2, 0.25) is 0 Å². The molecule has 3 heterocycles. The fourth-order valence-electron chi connectivity index (χ4n) is 3.69. The van der Waals surface area contributed by atoms with Gasteiger partial charge in [0.05, 0.1) is 5.57 Å². The molecule has 1 unspecified atom stereocenters. The van der Waals surface area contributed by atoms with E-state index in [4.69, 9.17) is 9.15 Å². The SMILES string of the molecule is CC1=C(C(=O)O[C@@H](C)c2ccccc2)C(c2cc3ccccc3o2)n2nnnc2N1. The van der Waals surface area contributed by atoms with E-state index in [-0.39, 0.29) is 0 Å². The zero-order valence-electron chi connectivity index (χ0n) is 16.4. The van der Waals surface area contributed by atoms with Crippen LogP contribution < -0.4 is 5.32 Å². The van der Waals surface area contributed by atoms with Crippen molar-refractivity contribution in [2.45, 2.75) is 26.0 Å². The maximum absolute atomic E-state index is 13.3. The number of tetrazole rings is 1. The van der Waals surface area contributed by atoms with E-state index in [1.165, 1.54) is 4.68 Å². The number of nitrogens with one attached hydrogen (secondary N) is 1. The number of esters is 1. The first-order valence-corrected chi connectivity index (χ1v) is 9.62. The van der Waals surface area contributed by atoms with Crippen molar-refractivity contribution in [1.29, 1.82) is 0 Å². The monoisotopic (exact) mass is 401 g/mol. The first kappa shape index (κ1) is 18.1. The minimum absolute atomic E-state index is 0.400. The van der Waals surface area contributed by atoms with Crippen LogP contribution in [0.1, 0.15) is 37.3 Å².